The van der Waals surface area contributed by atoms with Gasteiger partial charge in [0.2, 0.25) is 11.8 Å². The largest absolute Gasteiger partial charge is 0.478 e. The molecular formula is C23H22FN3O5. The molecule has 1 aliphatic rings. The first-order chi connectivity index (χ1) is 15.0. The molecule has 0 fully saturated rings. The molecule has 166 valence electrons. The van der Waals surface area contributed by atoms with E-state index in [2.05, 4.69) is 0 Å². The first-order valence-electron chi connectivity index (χ1n) is 9.70. The first kappa shape index (κ1) is 22.7. The zero-order valence-electron chi connectivity index (χ0n) is 17.8. The zero-order valence-corrected chi connectivity index (χ0v) is 17.8. The van der Waals surface area contributed by atoms with Gasteiger partial charge in [0.1, 0.15) is 5.82 Å². The van der Waals surface area contributed by atoms with Gasteiger partial charge in [0.25, 0.3) is 5.91 Å². The molecule has 1 aliphatic heterocycles. The summed E-state index contributed by atoms with van der Waals surface area (Å²) in [6.07, 6.45) is 0.976. The van der Waals surface area contributed by atoms with E-state index in [0.717, 1.165) is 4.90 Å². The molecule has 8 nitrogen and oxygen atoms in total. The maximum atomic E-state index is 13.3. The number of anilines is 1. The molecule has 2 aromatic rings. The number of carbonyl (C=O) groups is 4. The van der Waals surface area contributed by atoms with Gasteiger partial charge in [-0.15, -0.1) is 0 Å². The zero-order chi connectivity index (χ0) is 23.7. The predicted octanol–water partition coefficient (Wildman–Crippen LogP) is 2.42. The van der Waals surface area contributed by atoms with Crippen molar-refractivity contribution in [3.63, 3.8) is 0 Å². The van der Waals surface area contributed by atoms with Gasteiger partial charge in [-0.25, -0.2) is 9.18 Å². The minimum atomic E-state index is -1.25. The third-order valence-corrected chi connectivity index (χ3v) is 5.40. The van der Waals surface area contributed by atoms with Crippen molar-refractivity contribution in [3.8, 4) is 0 Å². The number of carboxylic acid groups (broad SMARTS) is 1. The van der Waals surface area contributed by atoms with Crippen LogP contribution in [0, 0.1) is 12.7 Å². The predicted molar refractivity (Wildman–Crippen MR) is 115 cm³/mol. The number of primary amides is 1. The van der Waals surface area contributed by atoms with Crippen molar-refractivity contribution >= 4 is 29.4 Å². The fraction of sp³-hybridized carbons (Fsp3) is 0.217. The topological polar surface area (TPSA) is 121 Å². The number of nitrogens with zero attached hydrogens (tertiary/aromatic N) is 2. The van der Waals surface area contributed by atoms with Crippen LogP contribution in [0.4, 0.5) is 10.1 Å². The molecule has 0 aromatic heterocycles. The highest BCUT2D eigenvalue weighted by molar-refractivity contribution is 6.10. The van der Waals surface area contributed by atoms with E-state index in [-0.39, 0.29) is 34.4 Å². The highest BCUT2D eigenvalue weighted by Gasteiger charge is 2.35. The van der Waals surface area contributed by atoms with E-state index in [0.29, 0.717) is 5.56 Å². The molecule has 0 aliphatic carbocycles. The van der Waals surface area contributed by atoms with Crippen molar-refractivity contribution in [2.45, 2.75) is 19.3 Å². The Morgan fingerprint density at radius 1 is 1.12 bits per heavy atom. The number of halogens is 1. The van der Waals surface area contributed by atoms with E-state index in [4.69, 9.17) is 5.73 Å². The van der Waals surface area contributed by atoms with Gasteiger partial charge in [0.15, 0.2) is 0 Å². The van der Waals surface area contributed by atoms with Crippen LogP contribution in [0.25, 0.3) is 0 Å². The van der Waals surface area contributed by atoms with Gasteiger partial charge in [-0.2, -0.15) is 0 Å². The van der Waals surface area contributed by atoms with E-state index in [9.17, 15) is 28.7 Å². The Labute approximate surface area is 183 Å². The summed E-state index contributed by atoms with van der Waals surface area (Å²) in [4.78, 5) is 52.2. The van der Waals surface area contributed by atoms with E-state index >= 15 is 0 Å². The van der Waals surface area contributed by atoms with Gasteiger partial charge in [0.05, 0.1) is 16.8 Å². The summed E-state index contributed by atoms with van der Waals surface area (Å²) in [6.45, 7) is 1.54. The Balaban J connectivity index is 2.19. The average molecular weight is 439 g/mol. The molecule has 0 radical (unpaired) electrons. The Kier molecular flexibility index (Phi) is 6.11. The second kappa shape index (κ2) is 8.62. The van der Waals surface area contributed by atoms with Crippen LogP contribution < -0.4 is 10.6 Å². The molecule has 0 saturated heterocycles. The van der Waals surface area contributed by atoms with E-state index < -0.39 is 35.4 Å². The van der Waals surface area contributed by atoms with Crippen LogP contribution in [0.2, 0.25) is 0 Å². The summed E-state index contributed by atoms with van der Waals surface area (Å²) in [5, 5.41) is 9.80. The normalized spacial score (nSPS) is 15.9. The lowest BCUT2D eigenvalue weighted by molar-refractivity contribution is -0.133. The molecule has 0 spiro atoms. The van der Waals surface area contributed by atoms with Crippen LogP contribution in [-0.2, 0) is 9.59 Å². The Hall–Kier alpha value is -4.01. The minimum Gasteiger partial charge on any atom is -0.478 e. The fourth-order valence-corrected chi connectivity index (χ4v) is 3.74. The number of carbonyl (C=O) groups excluding carboxylic acids is 3. The van der Waals surface area contributed by atoms with Crippen LogP contribution in [0.1, 0.15) is 44.2 Å². The number of carboxylic acids is 1. The highest BCUT2D eigenvalue weighted by Crippen LogP contribution is 2.37. The van der Waals surface area contributed by atoms with Crippen molar-refractivity contribution in [1.82, 2.24) is 4.90 Å². The molecule has 32 heavy (non-hydrogen) atoms. The van der Waals surface area contributed by atoms with Crippen LogP contribution in [0.15, 0.2) is 48.2 Å². The number of nitrogens with two attached hydrogens (primary N) is 1. The standard InChI is InChI=1S/C23H22FN3O5/c1-12-15(21(25)29)8-9-18(20(12)22(30)26(2)3)27-11-17(23(31)32)16(10-19(27)28)13-4-6-14(24)7-5-13/h4-9,11,16H,10H2,1-3H3,(H2,25,29)(H,31,32). The molecule has 2 aromatic carbocycles. The minimum absolute atomic E-state index is 0.0703. The molecule has 1 atom stereocenters. The molecule has 9 heteroatoms. The van der Waals surface area contributed by atoms with E-state index in [1.54, 1.807) is 0 Å². The molecule has 0 bridgehead atoms. The SMILES string of the molecule is Cc1c(C(N)=O)ccc(N2C=C(C(=O)O)C(c3ccc(F)cc3)CC2=O)c1C(=O)N(C)C. The van der Waals surface area contributed by atoms with E-state index in [1.807, 2.05) is 0 Å². The second-order valence-electron chi connectivity index (χ2n) is 7.66. The Morgan fingerprint density at radius 2 is 1.75 bits per heavy atom. The van der Waals surface area contributed by atoms with Gasteiger partial charge >= 0.3 is 5.97 Å². The number of benzene rings is 2. The van der Waals surface area contributed by atoms with Gasteiger partial charge < -0.3 is 15.7 Å². The third kappa shape index (κ3) is 4.09. The molecule has 3 N–H and O–H groups in total. The summed E-state index contributed by atoms with van der Waals surface area (Å²) in [7, 11) is 3.03. The molecule has 0 saturated carbocycles. The summed E-state index contributed by atoms with van der Waals surface area (Å²) in [5.74, 6) is -4.17. The highest BCUT2D eigenvalue weighted by atomic mass is 19.1. The molecule has 3 amide bonds. The van der Waals surface area contributed by atoms with Gasteiger partial charge in [0, 0.05) is 38.2 Å². The van der Waals surface area contributed by atoms with Gasteiger partial charge in [-0.3, -0.25) is 19.3 Å². The van der Waals surface area contributed by atoms with Gasteiger partial charge in [-0.1, -0.05) is 12.1 Å². The van der Waals surface area contributed by atoms with Crippen LogP contribution in [0.5, 0.6) is 0 Å². The molecule has 3 rings (SSSR count). The number of hydrogen-bond acceptors (Lipinski definition) is 4. The monoisotopic (exact) mass is 439 g/mol. The lowest BCUT2D eigenvalue weighted by Gasteiger charge is -2.31. The van der Waals surface area contributed by atoms with Crippen molar-refractivity contribution in [2.24, 2.45) is 5.73 Å². The Bertz CT molecular complexity index is 1150. The number of aliphatic carboxylic acids is 1. The van der Waals surface area contributed by atoms with Gasteiger partial charge in [-0.05, 0) is 42.3 Å². The number of amides is 3. The van der Waals surface area contributed by atoms with Crippen molar-refractivity contribution < 1.29 is 28.7 Å². The van der Waals surface area contributed by atoms with Crippen molar-refractivity contribution in [2.75, 3.05) is 19.0 Å². The summed E-state index contributed by atoms with van der Waals surface area (Å²) in [6, 6.07) is 8.07. The van der Waals surface area contributed by atoms with Crippen LogP contribution in [-0.4, -0.2) is 47.8 Å². The smallest absolute Gasteiger partial charge is 0.333 e. The maximum Gasteiger partial charge on any atom is 0.333 e. The van der Waals surface area contributed by atoms with Crippen molar-refractivity contribution in [3.05, 3.63) is 76.2 Å². The summed E-state index contributed by atoms with van der Waals surface area (Å²) in [5.41, 5.74) is 6.43. The molecular weight excluding hydrogens is 417 g/mol. The maximum absolute atomic E-state index is 13.3. The second-order valence-corrected chi connectivity index (χ2v) is 7.66. The van der Waals surface area contributed by atoms with E-state index in [1.165, 1.54) is 68.5 Å². The lowest BCUT2D eigenvalue weighted by atomic mass is 9.85. The third-order valence-electron chi connectivity index (χ3n) is 5.40. The van der Waals surface area contributed by atoms with Crippen LogP contribution in [0.3, 0.4) is 0 Å². The quantitative estimate of drug-likeness (QED) is 0.741. The molecule has 1 heterocycles. The number of rotatable bonds is 5. The van der Waals surface area contributed by atoms with Crippen LogP contribution >= 0.6 is 0 Å². The lowest BCUT2D eigenvalue weighted by Crippen LogP contribution is -2.36. The molecule has 1 unspecified atom stereocenters. The number of hydrogen-bond donors (Lipinski definition) is 2. The summed E-state index contributed by atoms with van der Waals surface area (Å²) >= 11 is 0. The van der Waals surface area contributed by atoms with Crippen molar-refractivity contribution in [1.29, 1.82) is 0 Å². The summed E-state index contributed by atoms with van der Waals surface area (Å²) < 4.78 is 13.3. The fourth-order valence-electron chi connectivity index (χ4n) is 3.74. The Morgan fingerprint density at radius 3 is 2.28 bits per heavy atom. The average Bonchev–Trinajstić information content (AvgIpc) is 2.72. The first-order valence-corrected chi connectivity index (χ1v) is 9.70.